The summed E-state index contributed by atoms with van der Waals surface area (Å²) in [6.45, 7) is 10.1. The van der Waals surface area contributed by atoms with Gasteiger partial charge in [-0.2, -0.15) is 0 Å². The van der Waals surface area contributed by atoms with Crippen molar-refractivity contribution in [2.75, 3.05) is 26.7 Å². The number of carbonyl (C=O) groups is 1. The van der Waals surface area contributed by atoms with Crippen molar-refractivity contribution < 1.29 is 17.9 Å². The summed E-state index contributed by atoms with van der Waals surface area (Å²) >= 11 is 0. The van der Waals surface area contributed by atoms with E-state index in [9.17, 15) is 13.2 Å². The van der Waals surface area contributed by atoms with Gasteiger partial charge >= 0.3 is 15.3 Å². The summed E-state index contributed by atoms with van der Waals surface area (Å²) in [6, 6.07) is 0. The molecule has 100 valence electrons. The van der Waals surface area contributed by atoms with Gasteiger partial charge in [-0.25, -0.2) is 13.2 Å². The van der Waals surface area contributed by atoms with E-state index in [0.29, 0.717) is 0 Å². The first-order valence-corrected chi connectivity index (χ1v) is 6.45. The second kappa shape index (κ2) is 9.88. The van der Waals surface area contributed by atoms with Crippen molar-refractivity contribution >= 4 is 15.3 Å². The van der Waals surface area contributed by atoms with Gasteiger partial charge in [0.05, 0.1) is 7.11 Å². The largest absolute Gasteiger partial charge is 0.457 e. The minimum atomic E-state index is -4.41. The number of azide groups is 1. The molecular weight excluding hydrogens is 248 g/mol. The van der Waals surface area contributed by atoms with E-state index in [2.05, 4.69) is 34.9 Å². The molecular formula is C8H18N4O4S. The summed E-state index contributed by atoms with van der Waals surface area (Å²) in [7, 11) is -3.55. The summed E-state index contributed by atoms with van der Waals surface area (Å²) in [5.74, 6) is 0. The number of carbonyl (C=O) groups excluding carboxylic acids is 1. The molecule has 0 aromatic rings. The summed E-state index contributed by atoms with van der Waals surface area (Å²) in [5.41, 5.74) is 7.62. The molecule has 0 saturated carbocycles. The van der Waals surface area contributed by atoms with E-state index in [-0.39, 0.29) is 0 Å². The van der Waals surface area contributed by atoms with E-state index in [0.717, 1.165) is 7.11 Å². The Hall–Kier alpha value is -1.31. The Morgan fingerprint density at radius 3 is 1.88 bits per heavy atom. The Bertz CT molecular complexity index is 352. The number of ether oxygens (including phenoxy) is 1. The van der Waals surface area contributed by atoms with Crippen LogP contribution in [0, 0.1) is 0 Å². The first-order chi connectivity index (χ1) is 7.89. The molecule has 0 aliphatic rings. The second-order valence-corrected chi connectivity index (χ2v) is 4.17. The standard InChI is InChI=1S/C6H15N.C2H3N3O4S/c1-4-7(5-2)6-3;1-9-2(6)10(7,8)5-4-3/h4-6H2,1-3H3;1H3. The number of hydrogen-bond donors (Lipinski definition) is 0. The first-order valence-electron chi connectivity index (χ1n) is 5.01. The molecule has 9 heteroatoms. The zero-order valence-corrected chi connectivity index (χ0v) is 11.3. The van der Waals surface area contributed by atoms with E-state index in [1.54, 1.807) is 0 Å². The van der Waals surface area contributed by atoms with Gasteiger partial charge in [-0.1, -0.05) is 20.8 Å². The molecule has 0 saturated heterocycles. The molecule has 0 amide bonds. The van der Waals surface area contributed by atoms with Crippen LogP contribution in [0.2, 0.25) is 0 Å². The fourth-order valence-corrected chi connectivity index (χ4v) is 1.23. The van der Waals surface area contributed by atoms with E-state index < -0.39 is 15.3 Å². The Morgan fingerprint density at radius 2 is 1.71 bits per heavy atom. The van der Waals surface area contributed by atoms with Crippen molar-refractivity contribution in [3.8, 4) is 0 Å². The maximum Gasteiger partial charge on any atom is 0.432 e. The molecule has 0 spiro atoms. The lowest BCUT2D eigenvalue weighted by atomic mass is 10.5. The molecule has 0 N–H and O–H groups in total. The van der Waals surface area contributed by atoms with E-state index in [1.165, 1.54) is 19.6 Å². The number of sulfonamides is 1. The van der Waals surface area contributed by atoms with Gasteiger partial charge in [-0.05, 0) is 25.2 Å². The van der Waals surface area contributed by atoms with Gasteiger partial charge in [0.1, 0.15) is 0 Å². The lowest BCUT2D eigenvalue weighted by Crippen LogP contribution is -2.21. The minimum Gasteiger partial charge on any atom is -0.457 e. The molecule has 0 aliphatic heterocycles. The lowest BCUT2D eigenvalue weighted by Gasteiger charge is -2.13. The Labute approximate surface area is 101 Å². The molecule has 0 heterocycles. The molecule has 0 aromatic carbocycles. The van der Waals surface area contributed by atoms with Crippen LogP contribution in [0.15, 0.2) is 4.52 Å². The van der Waals surface area contributed by atoms with Crippen LogP contribution < -0.4 is 0 Å². The maximum atomic E-state index is 10.3. The highest BCUT2D eigenvalue weighted by Crippen LogP contribution is 1.96. The third kappa shape index (κ3) is 8.49. The predicted molar refractivity (Wildman–Crippen MR) is 63.9 cm³/mol. The van der Waals surface area contributed by atoms with Crippen molar-refractivity contribution in [1.82, 2.24) is 4.90 Å². The summed E-state index contributed by atoms with van der Waals surface area (Å²) in [6.07, 6.45) is 0. The average Bonchev–Trinajstić information content (AvgIpc) is 2.31. The number of hydrogen-bond acceptors (Lipinski definition) is 5. The fraction of sp³-hybridized carbons (Fsp3) is 0.875. The van der Waals surface area contributed by atoms with Crippen molar-refractivity contribution in [2.45, 2.75) is 20.8 Å². The van der Waals surface area contributed by atoms with Gasteiger partial charge in [0, 0.05) is 9.43 Å². The van der Waals surface area contributed by atoms with E-state index >= 15 is 0 Å². The molecule has 0 aromatic heterocycles. The minimum absolute atomic E-state index is 0.868. The fourth-order valence-electron chi connectivity index (χ4n) is 0.858. The molecule has 8 nitrogen and oxygen atoms in total. The maximum absolute atomic E-state index is 10.3. The van der Waals surface area contributed by atoms with Gasteiger partial charge in [-0.15, -0.1) is 0 Å². The van der Waals surface area contributed by atoms with Crippen LogP contribution in [0.5, 0.6) is 0 Å². The summed E-state index contributed by atoms with van der Waals surface area (Å²) in [5, 5.41) is -1.56. The van der Waals surface area contributed by atoms with Gasteiger partial charge in [0.15, 0.2) is 0 Å². The summed E-state index contributed by atoms with van der Waals surface area (Å²) in [4.78, 5) is 14.4. The summed E-state index contributed by atoms with van der Waals surface area (Å²) < 4.78 is 26.5. The molecule has 0 atom stereocenters. The third-order valence-corrected chi connectivity index (χ3v) is 2.74. The normalized spacial score (nSPS) is 9.94. The van der Waals surface area contributed by atoms with E-state index in [4.69, 9.17) is 5.53 Å². The zero-order chi connectivity index (χ0) is 13.9. The zero-order valence-electron chi connectivity index (χ0n) is 10.5. The lowest BCUT2D eigenvalue weighted by molar-refractivity contribution is 0.197. The van der Waals surface area contributed by atoms with Crippen LogP contribution >= 0.6 is 0 Å². The van der Waals surface area contributed by atoms with Gasteiger partial charge < -0.3 is 9.64 Å². The molecule has 0 fully saturated rings. The Kier molecular flexibility index (Phi) is 10.5. The Morgan fingerprint density at radius 1 is 1.29 bits per heavy atom. The van der Waals surface area contributed by atoms with E-state index in [1.807, 2.05) is 4.91 Å². The SMILES string of the molecule is CCN(CC)CC.COC(=O)S(=O)(=O)N=[N+]=[N-]. The quantitative estimate of drug-likeness (QED) is 0.333. The van der Waals surface area contributed by atoms with Crippen LogP contribution in [-0.2, 0) is 14.8 Å². The van der Waals surface area contributed by atoms with Crippen LogP contribution in [0.1, 0.15) is 20.8 Å². The number of rotatable bonds is 4. The second-order valence-electron chi connectivity index (χ2n) is 2.72. The number of methoxy groups -OCH3 is 1. The highest BCUT2D eigenvalue weighted by Gasteiger charge is 2.20. The van der Waals surface area contributed by atoms with Crippen LogP contribution in [0.4, 0.5) is 4.79 Å². The molecule has 0 bridgehead atoms. The van der Waals surface area contributed by atoms with Crippen molar-refractivity contribution in [3.63, 3.8) is 0 Å². The van der Waals surface area contributed by atoms with Gasteiger partial charge in [-0.3, -0.25) is 0 Å². The van der Waals surface area contributed by atoms with Crippen LogP contribution in [-0.4, -0.2) is 45.4 Å². The Balaban J connectivity index is 0. The van der Waals surface area contributed by atoms with Crippen LogP contribution in [0.25, 0.3) is 10.4 Å². The highest BCUT2D eigenvalue weighted by atomic mass is 32.2. The predicted octanol–water partition coefficient (Wildman–Crippen LogP) is 1.74. The first kappa shape index (κ1) is 18.1. The topological polar surface area (TPSA) is 112 Å². The van der Waals surface area contributed by atoms with Crippen LogP contribution in [0.3, 0.4) is 0 Å². The molecule has 0 rings (SSSR count). The van der Waals surface area contributed by atoms with Crippen molar-refractivity contribution in [1.29, 1.82) is 0 Å². The molecule has 17 heavy (non-hydrogen) atoms. The molecule has 0 unspecified atom stereocenters. The van der Waals surface area contributed by atoms with Gasteiger partial charge in [0.25, 0.3) is 0 Å². The molecule has 0 aliphatic carbocycles. The van der Waals surface area contributed by atoms with Crippen molar-refractivity contribution in [3.05, 3.63) is 10.4 Å². The van der Waals surface area contributed by atoms with Crippen molar-refractivity contribution in [2.24, 2.45) is 4.52 Å². The smallest absolute Gasteiger partial charge is 0.432 e. The number of nitrogens with zero attached hydrogens (tertiary/aromatic N) is 4. The molecule has 0 radical (unpaired) electrons. The van der Waals surface area contributed by atoms with Gasteiger partial charge in [0.2, 0.25) is 0 Å². The monoisotopic (exact) mass is 266 g/mol. The third-order valence-electron chi connectivity index (χ3n) is 1.86. The highest BCUT2D eigenvalue weighted by molar-refractivity contribution is 8.04. The average molecular weight is 266 g/mol.